The minimum Gasteiger partial charge on any atom is -0.395 e. The van der Waals surface area contributed by atoms with E-state index in [1.165, 1.54) is 0 Å². The first kappa shape index (κ1) is 9.67. The van der Waals surface area contributed by atoms with Crippen molar-refractivity contribution < 1.29 is 23.4 Å². The maximum Gasteiger partial charge on any atom is 0.427 e. The summed E-state index contributed by atoms with van der Waals surface area (Å²) in [6.45, 7) is -0.714. The van der Waals surface area contributed by atoms with Crippen LogP contribution in [0, 0.1) is 0 Å². The number of nitrogens with one attached hydrogen (secondary N) is 1. The second-order valence-electron chi connectivity index (χ2n) is 1.62. The van der Waals surface area contributed by atoms with Gasteiger partial charge in [0, 0.05) is 6.54 Å². The predicted octanol–water partition coefficient (Wildman–Crippen LogP) is -0.551. The lowest BCUT2D eigenvalue weighted by Crippen LogP contribution is -2.43. The van der Waals surface area contributed by atoms with Crippen LogP contribution in [-0.2, 0) is 0 Å². The quantitative estimate of drug-likeness (QED) is 0.484. The third kappa shape index (κ3) is 3.65. The monoisotopic (exact) mass is 159 g/mol. The first-order valence-corrected chi connectivity index (χ1v) is 2.57. The molecule has 3 N–H and O–H groups in total. The van der Waals surface area contributed by atoms with Crippen molar-refractivity contribution in [3.63, 3.8) is 0 Å². The Hall–Kier alpha value is -0.330. The maximum absolute atomic E-state index is 11.4. The number of aliphatic hydroxyl groups is 2. The number of hydrogen-bond donors (Lipinski definition) is 3. The molecule has 0 saturated heterocycles. The zero-order valence-corrected chi connectivity index (χ0v) is 5.02. The van der Waals surface area contributed by atoms with E-state index in [0.29, 0.717) is 0 Å². The molecule has 0 heterocycles. The molecule has 0 bridgehead atoms. The number of alkyl halides is 3. The number of rotatable bonds is 3. The van der Waals surface area contributed by atoms with Crippen LogP contribution in [-0.4, -0.2) is 35.8 Å². The van der Waals surface area contributed by atoms with E-state index in [0.717, 1.165) is 0 Å². The summed E-state index contributed by atoms with van der Waals surface area (Å²) >= 11 is 0. The molecule has 0 saturated carbocycles. The highest BCUT2D eigenvalue weighted by Crippen LogP contribution is 2.17. The Balaban J connectivity index is 3.52. The molecule has 0 aliphatic heterocycles. The van der Waals surface area contributed by atoms with Crippen LogP contribution < -0.4 is 5.32 Å². The highest BCUT2D eigenvalue weighted by molar-refractivity contribution is 4.61. The second kappa shape index (κ2) is 3.75. The van der Waals surface area contributed by atoms with Crippen molar-refractivity contribution >= 4 is 0 Å². The molecule has 1 atom stereocenters. The summed E-state index contributed by atoms with van der Waals surface area (Å²) in [5.74, 6) is 0. The highest BCUT2D eigenvalue weighted by Gasteiger charge is 2.37. The first-order chi connectivity index (χ1) is 4.48. The van der Waals surface area contributed by atoms with Gasteiger partial charge in [0.2, 0.25) is 6.23 Å². The normalized spacial score (nSPS) is 15.3. The van der Waals surface area contributed by atoms with Crippen molar-refractivity contribution in [2.75, 3.05) is 13.2 Å². The molecule has 0 aromatic carbocycles. The van der Waals surface area contributed by atoms with E-state index in [1.807, 2.05) is 0 Å². The Morgan fingerprint density at radius 1 is 1.40 bits per heavy atom. The molecule has 0 radical (unpaired) electrons. The van der Waals surface area contributed by atoms with Crippen molar-refractivity contribution in [1.82, 2.24) is 5.32 Å². The Bertz CT molecular complexity index is 95.0. The molecular weight excluding hydrogens is 151 g/mol. The Morgan fingerprint density at radius 2 is 1.90 bits per heavy atom. The fraction of sp³-hybridized carbons (Fsp3) is 1.00. The van der Waals surface area contributed by atoms with Crippen LogP contribution in [0.4, 0.5) is 13.2 Å². The van der Waals surface area contributed by atoms with Gasteiger partial charge in [-0.1, -0.05) is 0 Å². The molecule has 0 aliphatic carbocycles. The smallest absolute Gasteiger partial charge is 0.395 e. The van der Waals surface area contributed by atoms with Gasteiger partial charge in [0.05, 0.1) is 6.61 Å². The summed E-state index contributed by atoms with van der Waals surface area (Å²) in [6, 6.07) is 0. The molecular formula is C4H8F3NO2. The summed E-state index contributed by atoms with van der Waals surface area (Å²) in [4.78, 5) is 0. The van der Waals surface area contributed by atoms with Crippen LogP contribution in [0.5, 0.6) is 0 Å². The minimum atomic E-state index is -4.66. The molecule has 0 rings (SSSR count). The molecule has 0 amide bonds. The van der Waals surface area contributed by atoms with Crippen molar-refractivity contribution in [3.8, 4) is 0 Å². The van der Waals surface area contributed by atoms with Crippen LogP contribution in [0.25, 0.3) is 0 Å². The molecule has 1 unspecified atom stereocenters. The third-order valence-corrected chi connectivity index (χ3v) is 0.760. The molecule has 62 valence electrons. The van der Waals surface area contributed by atoms with Crippen molar-refractivity contribution in [2.24, 2.45) is 0 Å². The SMILES string of the molecule is OCCNC(O)C(F)(F)F. The standard InChI is InChI=1S/C4H8F3NO2/c5-4(6,7)3(10)8-1-2-9/h3,8-10H,1-2H2. The average Bonchev–Trinajstić information content (AvgIpc) is 1.80. The summed E-state index contributed by atoms with van der Waals surface area (Å²) in [7, 11) is 0. The van der Waals surface area contributed by atoms with Crippen LogP contribution in [0.2, 0.25) is 0 Å². The summed E-state index contributed by atoms with van der Waals surface area (Å²) < 4.78 is 34.1. The fourth-order valence-electron chi connectivity index (χ4n) is 0.317. The third-order valence-electron chi connectivity index (χ3n) is 0.760. The van der Waals surface area contributed by atoms with Crippen molar-refractivity contribution in [3.05, 3.63) is 0 Å². The van der Waals surface area contributed by atoms with Crippen LogP contribution in [0.15, 0.2) is 0 Å². The van der Waals surface area contributed by atoms with Gasteiger partial charge in [0.1, 0.15) is 0 Å². The molecule has 10 heavy (non-hydrogen) atoms. The molecule has 0 spiro atoms. The zero-order valence-electron chi connectivity index (χ0n) is 5.02. The largest absolute Gasteiger partial charge is 0.427 e. The highest BCUT2D eigenvalue weighted by atomic mass is 19.4. The van der Waals surface area contributed by atoms with Gasteiger partial charge in [-0.2, -0.15) is 13.2 Å². The number of halogens is 3. The van der Waals surface area contributed by atoms with Gasteiger partial charge in [0.15, 0.2) is 0 Å². The molecule has 3 nitrogen and oxygen atoms in total. The van der Waals surface area contributed by atoms with E-state index in [-0.39, 0.29) is 6.54 Å². The number of hydrogen-bond acceptors (Lipinski definition) is 3. The zero-order chi connectivity index (χ0) is 8.20. The lowest BCUT2D eigenvalue weighted by atomic mass is 10.5. The van der Waals surface area contributed by atoms with Gasteiger partial charge in [0.25, 0.3) is 0 Å². The van der Waals surface area contributed by atoms with Gasteiger partial charge in [-0.05, 0) is 0 Å². The molecule has 0 aromatic heterocycles. The van der Waals surface area contributed by atoms with Crippen LogP contribution in [0.1, 0.15) is 0 Å². The van der Waals surface area contributed by atoms with E-state index in [4.69, 9.17) is 10.2 Å². The molecule has 0 aliphatic rings. The summed E-state index contributed by atoms with van der Waals surface area (Å²) in [5.41, 5.74) is 0. The van der Waals surface area contributed by atoms with E-state index >= 15 is 0 Å². The van der Waals surface area contributed by atoms with E-state index < -0.39 is 19.0 Å². The molecule has 0 aromatic rings. The van der Waals surface area contributed by atoms with E-state index in [1.54, 1.807) is 5.32 Å². The first-order valence-electron chi connectivity index (χ1n) is 2.57. The van der Waals surface area contributed by atoms with E-state index in [9.17, 15) is 13.2 Å². The van der Waals surface area contributed by atoms with Crippen molar-refractivity contribution in [2.45, 2.75) is 12.4 Å². The number of aliphatic hydroxyl groups excluding tert-OH is 2. The van der Waals surface area contributed by atoms with Crippen molar-refractivity contribution in [1.29, 1.82) is 0 Å². The molecule has 6 heteroatoms. The lowest BCUT2D eigenvalue weighted by Gasteiger charge is -2.14. The topological polar surface area (TPSA) is 52.5 Å². The van der Waals surface area contributed by atoms with Gasteiger partial charge < -0.3 is 10.2 Å². The second-order valence-corrected chi connectivity index (χ2v) is 1.62. The maximum atomic E-state index is 11.4. The lowest BCUT2D eigenvalue weighted by molar-refractivity contribution is -0.213. The van der Waals surface area contributed by atoms with Gasteiger partial charge in [-0.15, -0.1) is 0 Å². The minimum absolute atomic E-state index is 0.277. The van der Waals surface area contributed by atoms with Gasteiger partial charge in [-0.3, -0.25) is 5.32 Å². The fourth-order valence-corrected chi connectivity index (χ4v) is 0.317. The predicted molar refractivity (Wildman–Crippen MR) is 27.2 cm³/mol. The average molecular weight is 159 g/mol. The molecule has 0 fully saturated rings. The van der Waals surface area contributed by atoms with Crippen LogP contribution >= 0.6 is 0 Å². The van der Waals surface area contributed by atoms with Crippen LogP contribution in [0.3, 0.4) is 0 Å². The van der Waals surface area contributed by atoms with Gasteiger partial charge in [-0.25, -0.2) is 0 Å². The van der Waals surface area contributed by atoms with E-state index in [2.05, 4.69) is 0 Å². The van der Waals surface area contributed by atoms with Gasteiger partial charge >= 0.3 is 6.18 Å². The Kier molecular flexibility index (Phi) is 3.62. The summed E-state index contributed by atoms with van der Waals surface area (Å²) in [6.07, 6.45) is -7.20. The Morgan fingerprint density at radius 3 is 2.20 bits per heavy atom. The Labute approximate surface area is 55.5 Å². The summed E-state index contributed by atoms with van der Waals surface area (Å²) in [5, 5.41) is 17.9.